The summed E-state index contributed by atoms with van der Waals surface area (Å²) in [7, 11) is -3.20. The number of aliphatic carboxylic acids is 1. The molecule has 280 valence electrons. The number of fused-ring (bicyclic) bond motifs is 1. The Morgan fingerprint density at radius 2 is 2.00 bits per heavy atom. The highest BCUT2D eigenvalue weighted by Gasteiger charge is 2.58. The maximum absolute atomic E-state index is 13.5. The van der Waals surface area contributed by atoms with Crippen molar-refractivity contribution in [1.29, 1.82) is 0 Å². The van der Waals surface area contributed by atoms with Crippen LogP contribution in [0.3, 0.4) is 0 Å². The number of nitrogens with zero attached hydrogens (tertiary/aromatic N) is 5. The number of thiazole rings is 1. The summed E-state index contributed by atoms with van der Waals surface area (Å²) in [6, 6.07) is 3.98. The number of ether oxygens (including phenoxy) is 1. The molecule has 22 heteroatoms. The molecule has 0 spiro atoms. The summed E-state index contributed by atoms with van der Waals surface area (Å²) in [5, 5.41) is 21.7. The summed E-state index contributed by atoms with van der Waals surface area (Å²) in [6.07, 6.45) is 3.15. The van der Waals surface area contributed by atoms with E-state index in [1.165, 1.54) is 26.2 Å². The average molecular weight is 764 g/mol. The van der Waals surface area contributed by atoms with Crippen molar-refractivity contribution < 1.29 is 50.9 Å². The molecule has 0 bridgehead atoms. The van der Waals surface area contributed by atoms with Gasteiger partial charge in [-0.05, 0) is 56.9 Å². The van der Waals surface area contributed by atoms with E-state index in [0.29, 0.717) is 36.3 Å². The monoisotopic (exact) mass is 763 g/mol. The number of nitrogen functional groups attached to an aromatic ring is 1. The highest BCUT2D eigenvalue weighted by molar-refractivity contribution is 7.80. The molecule has 1 aromatic carbocycles. The molecule has 10 N–H and O–H groups in total. The molecule has 2 amide bonds. The van der Waals surface area contributed by atoms with Gasteiger partial charge in [0, 0.05) is 24.0 Å². The number of oxime groups is 1. The van der Waals surface area contributed by atoms with Gasteiger partial charge in [-0.2, -0.15) is 13.5 Å². The van der Waals surface area contributed by atoms with Crippen LogP contribution in [0.4, 0.5) is 11.1 Å². The number of β-lactam (4-membered cyclic amide) rings is 1. The van der Waals surface area contributed by atoms with Gasteiger partial charge in [-0.15, -0.1) is 15.6 Å². The number of nitrogens with two attached hydrogens (primary N) is 3. The average Bonchev–Trinajstić information content (AvgIpc) is 3.53. The smallest absolute Gasteiger partial charge is 0.418 e. The molecule has 1 saturated heterocycles. The summed E-state index contributed by atoms with van der Waals surface area (Å²) in [5.74, 6) is -2.43. The van der Waals surface area contributed by atoms with Crippen LogP contribution in [0.15, 0.2) is 41.1 Å². The lowest BCUT2D eigenvalue weighted by molar-refractivity contribution is -0.659. The van der Waals surface area contributed by atoms with Crippen molar-refractivity contribution in [3.05, 3.63) is 47.2 Å². The van der Waals surface area contributed by atoms with Crippen molar-refractivity contribution in [2.24, 2.45) is 23.7 Å². The van der Waals surface area contributed by atoms with Crippen molar-refractivity contribution in [2.45, 2.75) is 62.9 Å². The van der Waals surface area contributed by atoms with Gasteiger partial charge in [0.2, 0.25) is 0 Å². The second kappa shape index (κ2) is 14.6. The van der Waals surface area contributed by atoms with Gasteiger partial charge >= 0.3 is 22.3 Å². The normalized spacial score (nSPS) is 19.6. The fourth-order valence-corrected chi connectivity index (χ4v) is 6.56. The molecule has 3 atom stereocenters. The van der Waals surface area contributed by atoms with Gasteiger partial charge in [0.25, 0.3) is 17.4 Å². The summed E-state index contributed by atoms with van der Waals surface area (Å²) in [6.45, 7) is 4.68. The third kappa shape index (κ3) is 7.75. The van der Waals surface area contributed by atoms with Crippen LogP contribution < -0.4 is 37.1 Å². The SMILES string of the molecule is C[n+]1cc(-c2ccc3c(c2)CC[C@H](C(C)(O/N=C(\C(=O)NC2C(=O)N(OS(=O)(=O)O)C2(C)C)c2csc(N)n2)C(=O)O)O3)cnc1NC(CN)CN. The van der Waals surface area contributed by atoms with Crippen LogP contribution in [-0.2, 0) is 47.4 Å². The van der Waals surface area contributed by atoms with Gasteiger partial charge in [-0.1, -0.05) is 16.2 Å². The first-order chi connectivity index (χ1) is 24.4. The van der Waals surface area contributed by atoms with Crippen molar-refractivity contribution in [3.63, 3.8) is 0 Å². The van der Waals surface area contributed by atoms with E-state index < -0.39 is 57.2 Å². The van der Waals surface area contributed by atoms with Crippen molar-refractivity contribution in [3.8, 4) is 16.9 Å². The van der Waals surface area contributed by atoms with Crippen LogP contribution in [-0.4, -0.2) is 99.0 Å². The number of carboxylic acids is 1. The van der Waals surface area contributed by atoms with Gasteiger partial charge in [0.1, 0.15) is 23.7 Å². The fraction of sp³-hybridized carbons (Fsp3) is 0.433. The third-order valence-corrected chi connectivity index (χ3v) is 9.71. The largest absolute Gasteiger partial charge is 0.485 e. The Kier molecular flexibility index (Phi) is 10.7. The number of carbonyl (C=O) groups is 3. The van der Waals surface area contributed by atoms with Crippen LogP contribution in [0.5, 0.6) is 5.75 Å². The molecular weight excluding hydrogens is 725 g/mol. The molecule has 2 aromatic heterocycles. The fourth-order valence-electron chi connectivity index (χ4n) is 5.56. The minimum Gasteiger partial charge on any atom is -0.485 e. The standard InChI is InChI=1S/C30H38N10O10S2/c1-29(2)23(25(42)40(29)50-52(45,46)47)37-24(41)22(19-14-51-27(33)36-19)38-49-30(3,26(43)44)21-8-6-16-9-15(5-7-20(16)48-21)17-12-34-28(39(4)13-17)35-18(10-31)11-32/h5,7,9,12-14,18,21,23H,6,8,10-11,31-32H2,1-4H3,(H5,33,36,37,41,43,44,45,46,47)/p+1/b38-22-/t21-,23?,30?/m1/s1. The van der Waals surface area contributed by atoms with E-state index in [1.54, 1.807) is 12.3 Å². The van der Waals surface area contributed by atoms with E-state index in [9.17, 15) is 27.9 Å². The van der Waals surface area contributed by atoms with Gasteiger partial charge in [-0.25, -0.2) is 14.3 Å². The predicted molar refractivity (Wildman–Crippen MR) is 185 cm³/mol. The minimum absolute atomic E-state index is 0.0554. The lowest BCUT2D eigenvalue weighted by atomic mass is 9.84. The van der Waals surface area contributed by atoms with Crippen LogP contribution in [0.1, 0.15) is 38.4 Å². The third-order valence-electron chi connectivity index (χ3n) is 8.70. The Hall–Kier alpha value is -5.00. The first kappa shape index (κ1) is 38.2. The predicted octanol–water partition coefficient (Wildman–Crippen LogP) is -0.892. The molecule has 0 aliphatic carbocycles. The van der Waals surface area contributed by atoms with Gasteiger partial charge in [0.05, 0.1) is 24.8 Å². The number of rotatable bonds is 14. The second-order valence-electron chi connectivity index (χ2n) is 12.8. The summed E-state index contributed by atoms with van der Waals surface area (Å²) in [4.78, 5) is 53.0. The molecular formula is C30H39N10O10S2+. The van der Waals surface area contributed by atoms with E-state index >= 15 is 0 Å². The Morgan fingerprint density at radius 3 is 2.58 bits per heavy atom. The topological polar surface area (TPSA) is 301 Å². The summed E-state index contributed by atoms with van der Waals surface area (Å²) < 4.78 is 43.7. The van der Waals surface area contributed by atoms with E-state index in [2.05, 4.69) is 30.0 Å². The number of hydrogen-bond acceptors (Lipinski definition) is 16. The first-order valence-corrected chi connectivity index (χ1v) is 18.0. The van der Waals surface area contributed by atoms with Crippen molar-refractivity contribution in [2.75, 3.05) is 24.1 Å². The Labute approximate surface area is 301 Å². The van der Waals surface area contributed by atoms with Crippen LogP contribution in [0, 0.1) is 0 Å². The van der Waals surface area contributed by atoms with Crippen LogP contribution in [0.25, 0.3) is 11.1 Å². The molecule has 20 nitrogen and oxygen atoms in total. The molecule has 2 aliphatic heterocycles. The van der Waals surface area contributed by atoms with Crippen molar-refractivity contribution in [1.82, 2.24) is 20.3 Å². The molecule has 52 heavy (non-hydrogen) atoms. The van der Waals surface area contributed by atoms with Gasteiger partial charge < -0.3 is 37.2 Å². The van der Waals surface area contributed by atoms with Crippen molar-refractivity contribution >= 4 is 56.3 Å². The molecule has 3 aromatic rings. The highest BCUT2D eigenvalue weighted by Crippen LogP contribution is 2.37. The van der Waals surface area contributed by atoms with E-state index in [1.807, 2.05) is 29.9 Å². The first-order valence-electron chi connectivity index (χ1n) is 15.7. The molecule has 4 heterocycles. The summed E-state index contributed by atoms with van der Waals surface area (Å²) in [5.41, 5.74) is 15.6. The van der Waals surface area contributed by atoms with Gasteiger partial charge in [-0.3, -0.25) is 19.5 Å². The molecule has 0 saturated carbocycles. The highest BCUT2D eigenvalue weighted by atomic mass is 32.3. The lowest BCUT2D eigenvalue weighted by Gasteiger charge is -2.50. The minimum atomic E-state index is -5.04. The Bertz CT molecular complexity index is 2020. The Balaban J connectivity index is 1.35. The molecule has 0 radical (unpaired) electrons. The summed E-state index contributed by atoms with van der Waals surface area (Å²) >= 11 is 0.963. The van der Waals surface area contributed by atoms with Gasteiger partial charge in [0.15, 0.2) is 16.9 Å². The van der Waals surface area contributed by atoms with Crippen LogP contribution >= 0.6 is 11.3 Å². The zero-order valence-electron chi connectivity index (χ0n) is 28.5. The van der Waals surface area contributed by atoms with E-state index in [0.717, 1.165) is 28.0 Å². The molecule has 2 unspecified atom stereocenters. The van der Waals surface area contributed by atoms with E-state index in [4.69, 9.17) is 31.3 Å². The van der Waals surface area contributed by atoms with Crippen LogP contribution in [0.2, 0.25) is 0 Å². The molecule has 1 fully saturated rings. The second-order valence-corrected chi connectivity index (χ2v) is 14.7. The maximum Gasteiger partial charge on any atom is 0.418 e. The number of aromatic nitrogens is 3. The number of hydrogen-bond donors (Lipinski definition) is 7. The molecule has 5 rings (SSSR count). The number of nitrogens with one attached hydrogen (secondary N) is 2. The lowest BCUT2D eigenvalue weighted by Crippen LogP contribution is -2.76. The number of benzene rings is 1. The number of aryl methyl sites for hydroxylation is 2. The number of anilines is 2. The maximum atomic E-state index is 13.5. The number of amides is 2. The number of carbonyl (C=O) groups excluding carboxylic acids is 2. The molecule has 2 aliphatic rings. The quantitative estimate of drug-likeness (QED) is 0.0344. The number of hydroxylamine groups is 2. The zero-order valence-corrected chi connectivity index (χ0v) is 30.1. The zero-order chi connectivity index (χ0) is 38.2. The Morgan fingerprint density at radius 1 is 1.29 bits per heavy atom. The van der Waals surface area contributed by atoms with E-state index in [-0.39, 0.29) is 23.3 Å². The number of carboxylic acid groups (broad SMARTS) is 1.